The zero-order valence-corrected chi connectivity index (χ0v) is 30.3. The molecule has 1 aromatic heterocycles. The number of pyridine rings is 1. The minimum absolute atomic E-state index is 0.0210. The second-order valence-electron chi connectivity index (χ2n) is 14.8. The number of carbonyl (C=O) groups excluding carboxylic acids is 4. The summed E-state index contributed by atoms with van der Waals surface area (Å²) >= 11 is 0. The monoisotopic (exact) mass is 729 g/mol. The van der Waals surface area contributed by atoms with Crippen molar-refractivity contribution in [3.05, 3.63) is 30.5 Å². The van der Waals surface area contributed by atoms with Gasteiger partial charge in [0.05, 0.1) is 18.9 Å². The summed E-state index contributed by atoms with van der Waals surface area (Å²) in [5, 5.41) is 6.47. The average molecular weight is 730 g/mol. The molecule has 4 amide bonds. The molecule has 0 bridgehead atoms. The van der Waals surface area contributed by atoms with E-state index in [2.05, 4.69) is 20.3 Å². The summed E-state index contributed by atoms with van der Waals surface area (Å²) in [5.74, 6) is -1.28. The smallest absolute Gasteiger partial charge is 0.408 e. The normalized spacial score (nSPS) is 27.6. The number of aromatic nitrogens is 1. The van der Waals surface area contributed by atoms with Gasteiger partial charge in [-0.3, -0.25) is 19.1 Å². The summed E-state index contributed by atoms with van der Waals surface area (Å²) < 4.78 is 50.8. The Morgan fingerprint density at radius 2 is 1.82 bits per heavy atom. The highest BCUT2D eigenvalue weighted by molar-refractivity contribution is 7.91. The van der Waals surface area contributed by atoms with Gasteiger partial charge in [0.1, 0.15) is 35.1 Å². The Morgan fingerprint density at radius 3 is 2.53 bits per heavy atom. The van der Waals surface area contributed by atoms with Gasteiger partial charge in [-0.2, -0.15) is 0 Å². The van der Waals surface area contributed by atoms with E-state index < -0.39 is 68.4 Å². The maximum Gasteiger partial charge on any atom is 0.408 e. The second kappa shape index (κ2) is 14.4. The number of alkyl carbamates (subject to hydrolysis) is 1. The van der Waals surface area contributed by atoms with Crippen LogP contribution >= 0.6 is 0 Å². The van der Waals surface area contributed by atoms with Crippen LogP contribution in [0.15, 0.2) is 30.5 Å². The molecule has 1 aromatic carbocycles. The quantitative estimate of drug-likeness (QED) is 0.380. The van der Waals surface area contributed by atoms with Gasteiger partial charge in [0.2, 0.25) is 27.7 Å². The van der Waals surface area contributed by atoms with E-state index in [0.29, 0.717) is 62.3 Å². The lowest BCUT2D eigenvalue weighted by molar-refractivity contribution is -0.141. The van der Waals surface area contributed by atoms with E-state index in [1.165, 1.54) is 4.90 Å². The fraction of sp³-hybridized carbons (Fsp3) is 0.629. The Labute approximate surface area is 297 Å². The molecule has 4 aliphatic rings. The Balaban J connectivity index is 1.30. The number of nitrogens with zero attached hydrogens (tertiary/aromatic N) is 2. The van der Waals surface area contributed by atoms with E-state index >= 15 is 0 Å². The van der Waals surface area contributed by atoms with Crippen LogP contribution in [0, 0.1) is 5.92 Å². The van der Waals surface area contributed by atoms with Crippen LogP contribution in [0.1, 0.15) is 72.1 Å². The molecule has 51 heavy (non-hydrogen) atoms. The van der Waals surface area contributed by atoms with Gasteiger partial charge in [0.25, 0.3) is 5.91 Å². The number of rotatable bonds is 7. The molecule has 0 radical (unpaired) electrons. The maximum atomic E-state index is 14.4. The van der Waals surface area contributed by atoms with Crippen molar-refractivity contribution in [3.63, 3.8) is 0 Å². The summed E-state index contributed by atoms with van der Waals surface area (Å²) in [6.07, 6.45) is 3.13. The topological polar surface area (TPSA) is 192 Å². The van der Waals surface area contributed by atoms with Gasteiger partial charge in [0, 0.05) is 31.2 Å². The number of hydrogen-bond donors (Lipinski definition) is 3. The van der Waals surface area contributed by atoms with Crippen molar-refractivity contribution in [2.24, 2.45) is 5.92 Å². The predicted octanol–water partition coefficient (Wildman–Crippen LogP) is 2.56. The third-order valence-electron chi connectivity index (χ3n) is 9.73. The molecule has 0 unspecified atom stereocenters. The third kappa shape index (κ3) is 8.49. The lowest BCUT2D eigenvalue weighted by Crippen LogP contribution is -2.58. The number of sulfonamides is 1. The van der Waals surface area contributed by atoms with Crippen molar-refractivity contribution in [1.29, 1.82) is 0 Å². The Bertz CT molecular complexity index is 1780. The number of fused-ring (bicyclic) bond motifs is 3. The molecule has 2 aromatic rings. The van der Waals surface area contributed by atoms with E-state index in [0.717, 1.165) is 5.39 Å². The lowest BCUT2D eigenvalue weighted by Gasteiger charge is -2.30. The molecule has 2 saturated heterocycles. The van der Waals surface area contributed by atoms with Crippen LogP contribution < -0.4 is 24.8 Å². The molecular weight excluding hydrogens is 682 g/mol. The Morgan fingerprint density at radius 1 is 1.08 bits per heavy atom. The molecular formula is C35H47N5O10S. The Hall–Kier alpha value is -4.18. The molecule has 3 N–H and O–H groups in total. The zero-order chi connectivity index (χ0) is 36.6. The molecule has 2 aliphatic carbocycles. The first-order valence-corrected chi connectivity index (χ1v) is 19.1. The molecule has 5 atom stereocenters. The van der Waals surface area contributed by atoms with Crippen molar-refractivity contribution in [3.8, 4) is 11.6 Å². The average Bonchev–Trinajstić information content (AvgIpc) is 3.99. The van der Waals surface area contributed by atoms with Crippen LogP contribution in [0.25, 0.3) is 10.8 Å². The number of nitrogens with one attached hydrogen (secondary N) is 3. The van der Waals surface area contributed by atoms with E-state index in [1.807, 2.05) is 18.2 Å². The van der Waals surface area contributed by atoms with Crippen molar-refractivity contribution in [2.45, 2.75) is 107 Å². The first-order chi connectivity index (χ1) is 24.2. The van der Waals surface area contributed by atoms with Crippen LogP contribution in [0.5, 0.6) is 11.6 Å². The zero-order valence-electron chi connectivity index (χ0n) is 29.4. The lowest BCUT2D eigenvalue weighted by atomic mass is 10.1. The molecule has 2 saturated carbocycles. The maximum absolute atomic E-state index is 14.4. The molecule has 16 heteroatoms. The molecule has 0 spiro atoms. The Kier molecular flexibility index (Phi) is 10.4. The SMILES string of the molecule is COc1ccc2c(O[C@@H]3C[C@H]4C(=O)N[C@]5(C(=O)NS(=O)(=O)C6CC6)C[C@H]5CCCOCCC[C@H](NC(=O)OC(C)(C)C)C(=O)N4C3)nccc2c1. The van der Waals surface area contributed by atoms with Crippen LogP contribution in [-0.2, 0) is 33.9 Å². The van der Waals surface area contributed by atoms with E-state index in [-0.39, 0.29) is 31.7 Å². The van der Waals surface area contributed by atoms with Crippen LogP contribution in [-0.4, -0.2) is 104 Å². The number of ether oxygens (including phenoxy) is 4. The van der Waals surface area contributed by atoms with Crippen LogP contribution in [0.4, 0.5) is 4.79 Å². The van der Waals surface area contributed by atoms with E-state index in [1.54, 1.807) is 40.1 Å². The first-order valence-electron chi connectivity index (χ1n) is 17.5. The van der Waals surface area contributed by atoms with Gasteiger partial charge in [-0.05, 0) is 101 Å². The number of amides is 4. The minimum Gasteiger partial charge on any atom is -0.497 e. The number of benzene rings is 1. The van der Waals surface area contributed by atoms with Gasteiger partial charge in [0.15, 0.2) is 0 Å². The predicted molar refractivity (Wildman–Crippen MR) is 184 cm³/mol. The fourth-order valence-electron chi connectivity index (χ4n) is 6.86. The van der Waals surface area contributed by atoms with Crippen LogP contribution in [0.3, 0.4) is 0 Å². The molecule has 3 heterocycles. The number of carbonyl (C=O) groups is 4. The van der Waals surface area contributed by atoms with Gasteiger partial charge in [-0.15, -0.1) is 0 Å². The van der Waals surface area contributed by atoms with Gasteiger partial charge in [-0.25, -0.2) is 18.2 Å². The number of methoxy groups -OCH3 is 1. The molecule has 2 aliphatic heterocycles. The molecule has 4 fully saturated rings. The first kappa shape index (κ1) is 36.6. The summed E-state index contributed by atoms with van der Waals surface area (Å²) in [7, 11) is -2.31. The van der Waals surface area contributed by atoms with Crippen molar-refractivity contribution in [2.75, 3.05) is 26.9 Å². The summed E-state index contributed by atoms with van der Waals surface area (Å²) in [6, 6.07) is 5.10. The summed E-state index contributed by atoms with van der Waals surface area (Å²) in [6.45, 7) is 5.82. The van der Waals surface area contributed by atoms with Gasteiger partial charge >= 0.3 is 6.09 Å². The van der Waals surface area contributed by atoms with E-state index in [4.69, 9.17) is 18.9 Å². The molecule has 278 valence electrons. The van der Waals surface area contributed by atoms with Crippen molar-refractivity contribution in [1.82, 2.24) is 25.2 Å². The standard InChI is InChI=1S/C35H47N5O10S/c1-34(2,3)50-33(44)37-27-8-6-16-48-15-5-7-22-19-35(22,32(43)39-51(45,46)25-10-11-25)38-29(41)28-18-24(20-40(28)31(27)42)49-30-26-12-9-23(47-4)17-21(26)13-14-36-30/h9,12-14,17,22,24-25,27-28H,5-8,10-11,15-16,18-20H2,1-4H3,(H,37,44)(H,38,41)(H,39,43)/t22-,24-,27+,28+,35-/m1/s1. The van der Waals surface area contributed by atoms with Crippen molar-refractivity contribution >= 4 is 44.6 Å². The minimum atomic E-state index is -3.88. The number of hydrogen-bond acceptors (Lipinski definition) is 11. The van der Waals surface area contributed by atoms with Crippen LogP contribution in [0.2, 0.25) is 0 Å². The fourth-order valence-corrected chi connectivity index (χ4v) is 8.23. The molecule has 15 nitrogen and oxygen atoms in total. The highest BCUT2D eigenvalue weighted by atomic mass is 32.2. The van der Waals surface area contributed by atoms with Gasteiger partial charge < -0.3 is 34.5 Å². The van der Waals surface area contributed by atoms with Gasteiger partial charge in [-0.1, -0.05) is 0 Å². The highest BCUT2D eigenvalue weighted by Gasteiger charge is 2.62. The summed E-state index contributed by atoms with van der Waals surface area (Å²) in [5.41, 5.74) is -2.28. The van der Waals surface area contributed by atoms with E-state index in [9.17, 15) is 27.6 Å². The highest BCUT2D eigenvalue weighted by Crippen LogP contribution is 2.48. The summed E-state index contributed by atoms with van der Waals surface area (Å²) in [4.78, 5) is 61.0. The second-order valence-corrected chi connectivity index (χ2v) is 16.8. The van der Waals surface area contributed by atoms with Crippen molar-refractivity contribution < 1.29 is 46.5 Å². The molecule has 6 rings (SSSR count). The largest absolute Gasteiger partial charge is 0.497 e. The third-order valence-corrected chi connectivity index (χ3v) is 11.5.